The second-order valence-electron chi connectivity index (χ2n) is 6.32. The molecule has 3 rings (SSSR count). The molecule has 2 aromatic rings. The van der Waals surface area contributed by atoms with E-state index >= 15 is 0 Å². The lowest BCUT2D eigenvalue weighted by molar-refractivity contribution is -0.141. The number of amides is 1. The molecule has 9 heteroatoms. The first-order chi connectivity index (χ1) is 12.2. The van der Waals surface area contributed by atoms with Crippen LogP contribution in [0, 0.1) is 12.7 Å². The molecule has 1 aliphatic carbocycles. The fraction of sp³-hybridized carbons (Fsp3) is 0.412. The van der Waals surface area contributed by atoms with Gasteiger partial charge in [-0.3, -0.25) is 9.48 Å². The first-order valence-electron chi connectivity index (χ1n) is 8.06. The normalized spacial score (nSPS) is 14.5. The van der Waals surface area contributed by atoms with Crippen LogP contribution in [0.4, 0.5) is 23.2 Å². The average molecular weight is 390 g/mol. The first-order valence-corrected chi connectivity index (χ1v) is 8.44. The number of aromatic nitrogens is 2. The Labute approximate surface area is 152 Å². The van der Waals surface area contributed by atoms with Crippen molar-refractivity contribution in [2.24, 2.45) is 0 Å². The number of alkyl halides is 3. The third-order valence-corrected chi connectivity index (χ3v) is 4.48. The third kappa shape index (κ3) is 4.00. The Bertz CT molecular complexity index is 843. The minimum atomic E-state index is -4.65. The Hall–Kier alpha value is -2.09. The van der Waals surface area contributed by atoms with Crippen molar-refractivity contribution >= 4 is 23.2 Å². The second-order valence-corrected chi connectivity index (χ2v) is 6.70. The highest BCUT2D eigenvalue weighted by molar-refractivity contribution is 6.32. The van der Waals surface area contributed by atoms with Crippen molar-refractivity contribution in [2.75, 3.05) is 5.32 Å². The zero-order valence-electron chi connectivity index (χ0n) is 13.8. The summed E-state index contributed by atoms with van der Waals surface area (Å²) in [6, 6.07) is 4.28. The smallest absolute Gasteiger partial charge is 0.324 e. The molecule has 0 saturated heterocycles. The van der Waals surface area contributed by atoms with Gasteiger partial charge < -0.3 is 5.32 Å². The molecular weight excluding hydrogens is 374 g/mol. The number of rotatable bonds is 5. The molecule has 0 aliphatic heterocycles. The van der Waals surface area contributed by atoms with Crippen LogP contribution in [0.15, 0.2) is 18.2 Å². The van der Waals surface area contributed by atoms with Crippen LogP contribution < -0.4 is 5.32 Å². The second kappa shape index (κ2) is 6.90. The molecule has 1 aromatic heterocycles. The maximum absolute atomic E-state index is 13.7. The van der Waals surface area contributed by atoms with Gasteiger partial charge in [0.2, 0.25) is 5.91 Å². The fourth-order valence-corrected chi connectivity index (χ4v) is 3.10. The number of anilines is 1. The lowest BCUT2D eigenvalue weighted by Gasteiger charge is -2.09. The Balaban J connectivity index is 1.73. The van der Waals surface area contributed by atoms with E-state index in [1.165, 1.54) is 12.1 Å². The molecule has 1 N–H and O–H groups in total. The summed E-state index contributed by atoms with van der Waals surface area (Å²) in [5, 5.41) is 5.59. The van der Waals surface area contributed by atoms with Crippen LogP contribution in [0.25, 0.3) is 0 Å². The molecule has 0 radical (unpaired) electrons. The molecule has 140 valence electrons. The average Bonchev–Trinajstić information content (AvgIpc) is 3.31. The zero-order valence-corrected chi connectivity index (χ0v) is 14.6. The Morgan fingerprint density at radius 2 is 2.08 bits per heavy atom. The molecule has 26 heavy (non-hydrogen) atoms. The highest BCUT2D eigenvalue weighted by Crippen LogP contribution is 2.46. The van der Waals surface area contributed by atoms with E-state index in [2.05, 4.69) is 10.4 Å². The number of nitrogens with zero attached hydrogens (tertiary/aromatic N) is 2. The highest BCUT2D eigenvalue weighted by atomic mass is 35.5. The van der Waals surface area contributed by atoms with E-state index in [0.29, 0.717) is 5.69 Å². The van der Waals surface area contributed by atoms with Crippen LogP contribution in [0.2, 0.25) is 5.02 Å². The van der Waals surface area contributed by atoms with Crippen LogP contribution in [-0.4, -0.2) is 15.7 Å². The van der Waals surface area contributed by atoms with Gasteiger partial charge in [0.1, 0.15) is 5.82 Å². The van der Waals surface area contributed by atoms with E-state index in [9.17, 15) is 22.4 Å². The number of halogens is 5. The van der Waals surface area contributed by atoms with Gasteiger partial charge in [0, 0.05) is 12.3 Å². The number of carbonyl (C=O) groups excluding carboxylic acids is 1. The molecule has 1 fully saturated rings. The SMILES string of the molecule is Cc1ccc(F)c(NC(=O)CCn2nc(C(F)(F)F)c(Cl)c2C2CC2)c1. The van der Waals surface area contributed by atoms with Gasteiger partial charge in [-0.05, 0) is 37.5 Å². The summed E-state index contributed by atoms with van der Waals surface area (Å²) < 4.78 is 53.9. The van der Waals surface area contributed by atoms with Crippen molar-refractivity contribution < 1.29 is 22.4 Å². The maximum Gasteiger partial charge on any atom is 0.436 e. The first kappa shape index (κ1) is 18.7. The number of nitrogens with one attached hydrogen (secondary N) is 1. The Morgan fingerprint density at radius 3 is 2.69 bits per heavy atom. The van der Waals surface area contributed by atoms with Gasteiger partial charge in [0.25, 0.3) is 0 Å². The summed E-state index contributed by atoms with van der Waals surface area (Å²) in [7, 11) is 0. The molecule has 1 aliphatic rings. The van der Waals surface area contributed by atoms with Crippen molar-refractivity contribution in [2.45, 2.75) is 44.8 Å². The Kier molecular flexibility index (Phi) is 4.96. The van der Waals surface area contributed by atoms with Gasteiger partial charge >= 0.3 is 6.18 Å². The summed E-state index contributed by atoms with van der Waals surface area (Å²) in [6.07, 6.45) is -3.33. The molecule has 0 bridgehead atoms. The summed E-state index contributed by atoms with van der Waals surface area (Å²) >= 11 is 5.88. The molecule has 1 amide bonds. The van der Waals surface area contributed by atoms with E-state index in [1.54, 1.807) is 13.0 Å². The van der Waals surface area contributed by atoms with Crippen LogP contribution in [-0.2, 0) is 17.5 Å². The Morgan fingerprint density at radius 1 is 1.38 bits per heavy atom. The molecule has 0 unspecified atom stereocenters. The zero-order chi connectivity index (χ0) is 19.1. The third-order valence-electron chi connectivity index (χ3n) is 4.11. The standard InChI is InChI=1S/C17H16ClF4N3O/c1-9-2-5-11(19)12(8-9)23-13(26)6-7-25-15(10-3-4-10)14(18)16(24-25)17(20,21)22/h2,5,8,10H,3-4,6-7H2,1H3,(H,23,26). The van der Waals surface area contributed by atoms with Gasteiger partial charge in [-0.25, -0.2) is 4.39 Å². The van der Waals surface area contributed by atoms with E-state index < -0.39 is 28.6 Å². The molecular formula is C17H16ClF4N3O. The van der Waals surface area contributed by atoms with Gasteiger partial charge in [-0.2, -0.15) is 18.3 Å². The van der Waals surface area contributed by atoms with E-state index in [4.69, 9.17) is 11.6 Å². The summed E-state index contributed by atoms with van der Waals surface area (Å²) in [6.45, 7) is 1.68. The fourth-order valence-electron chi connectivity index (χ4n) is 2.71. The van der Waals surface area contributed by atoms with Crippen LogP contribution in [0.1, 0.15) is 42.1 Å². The number of hydrogen-bond donors (Lipinski definition) is 1. The van der Waals surface area contributed by atoms with Crippen molar-refractivity contribution in [1.29, 1.82) is 0 Å². The van der Waals surface area contributed by atoms with E-state index in [0.717, 1.165) is 23.1 Å². The molecule has 1 saturated carbocycles. The monoisotopic (exact) mass is 389 g/mol. The predicted molar refractivity (Wildman–Crippen MR) is 88.6 cm³/mol. The lowest BCUT2D eigenvalue weighted by Crippen LogP contribution is -2.17. The van der Waals surface area contributed by atoms with Crippen molar-refractivity contribution in [1.82, 2.24) is 9.78 Å². The van der Waals surface area contributed by atoms with E-state index in [-0.39, 0.29) is 24.6 Å². The molecule has 0 spiro atoms. The lowest BCUT2D eigenvalue weighted by atomic mass is 10.2. The number of carbonyl (C=O) groups is 1. The quantitative estimate of drug-likeness (QED) is 0.739. The van der Waals surface area contributed by atoms with Gasteiger partial charge in [0.05, 0.1) is 22.9 Å². The summed E-state index contributed by atoms with van der Waals surface area (Å²) in [5.74, 6) is -1.16. The van der Waals surface area contributed by atoms with Crippen LogP contribution in [0.5, 0.6) is 0 Å². The molecule has 4 nitrogen and oxygen atoms in total. The van der Waals surface area contributed by atoms with Crippen molar-refractivity contribution in [3.63, 3.8) is 0 Å². The maximum atomic E-state index is 13.7. The summed E-state index contributed by atoms with van der Waals surface area (Å²) in [4.78, 5) is 12.1. The molecule has 1 heterocycles. The summed E-state index contributed by atoms with van der Waals surface area (Å²) in [5.41, 5.74) is -0.0157. The number of hydrogen-bond acceptors (Lipinski definition) is 2. The number of aryl methyl sites for hydroxylation is 2. The minimum Gasteiger partial charge on any atom is -0.324 e. The van der Waals surface area contributed by atoms with Gasteiger partial charge in [-0.1, -0.05) is 17.7 Å². The van der Waals surface area contributed by atoms with Crippen molar-refractivity contribution in [3.8, 4) is 0 Å². The number of benzene rings is 1. The minimum absolute atomic E-state index is 0.0342. The van der Waals surface area contributed by atoms with Crippen LogP contribution >= 0.6 is 11.6 Å². The van der Waals surface area contributed by atoms with Gasteiger partial charge in [-0.15, -0.1) is 0 Å². The van der Waals surface area contributed by atoms with Gasteiger partial charge in [0.15, 0.2) is 5.69 Å². The largest absolute Gasteiger partial charge is 0.436 e. The predicted octanol–water partition coefficient (Wildman–Crippen LogP) is 4.91. The topological polar surface area (TPSA) is 46.9 Å². The molecule has 1 aromatic carbocycles. The van der Waals surface area contributed by atoms with Crippen molar-refractivity contribution in [3.05, 3.63) is 46.0 Å². The molecule has 0 atom stereocenters. The highest BCUT2D eigenvalue weighted by Gasteiger charge is 2.42. The van der Waals surface area contributed by atoms with E-state index in [1.807, 2.05) is 0 Å². The van der Waals surface area contributed by atoms with Crippen LogP contribution in [0.3, 0.4) is 0 Å².